The summed E-state index contributed by atoms with van der Waals surface area (Å²) in [4.78, 5) is 31.6. The number of anilines is 1. The van der Waals surface area contributed by atoms with E-state index in [2.05, 4.69) is 15.3 Å². The zero-order valence-corrected chi connectivity index (χ0v) is 14.6. The molecule has 24 heavy (non-hydrogen) atoms. The van der Waals surface area contributed by atoms with Crippen molar-refractivity contribution in [3.63, 3.8) is 0 Å². The van der Waals surface area contributed by atoms with Crippen LogP contribution in [0.1, 0.15) is 29.3 Å². The molecule has 1 atom stereocenters. The van der Waals surface area contributed by atoms with E-state index in [1.165, 1.54) is 11.3 Å². The van der Waals surface area contributed by atoms with Gasteiger partial charge in [0.25, 0.3) is 5.56 Å². The van der Waals surface area contributed by atoms with Crippen LogP contribution in [0.2, 0.25) is 5.02 Å². The van der Waals surface area contributed by atoms with Gasteiger partial charge in [-0.15, -0.1) is 22.9 Å². The van der Waals surface area contributed by atoms with Gasteiger partial charge in [-0.05, 0) is 11.6 Å². The monoisotopic (exact) mass is 379 g/mol. The Hall–Kier alpha value is -1.89. The summed E-state index contributed by atoms with van der Waals surface area (Å²) in [6.45, 7) is 0. The van der Waals surface area contributed by atoms with Gasteiger partial charge in [0, 0.05) is 22.9 Å². The number of rotatable bonds is 2. The fourth-order valence-electron chi connectivity index (χ4n) is 3.02. The lowest BCUT2D eigenvalue weighted by atomic mass is 9.86. The first-order chi connectivity index (χ1) is 11.6. The van der Waals surface area contributed by atoms with Gasteiger partial charge in [0.05, 0.1) is 11.4 Å². The Balaban J connectivity index is 2.03. The molecule has 0 bridgehead atoms. The number of hydrogen-bond acceptors (Lipinski definition) is 4. The molecule has 1 amide bonds. The molecule has 1 aromatic carbocycles. The molecule has 2 aromatic heterocycles. The van der Waals surface area contributed by atoms with E-state index in [9.17, 15) is 9.59 Å². The summed E-state index contributed by atoms with van der Waals surface area (Å²) in [6, 6.07) is 7.42. The molecule has 8 heteroatoms. The zero-order chi connectivity index (χ0) is 16.8. The predicted octanol–water partition coefficient (Wildman–Crippen LogP) is 3.85. The molecule has 5 nitrogen and oxygen atoms in total. The van der Waals surface area contributed by atoms with Gasteiger partial charge in [-0.3, -0.25) is 9.59 Å². The maximum absolute atomic E-state index is 12.3. The Labute approximate surface area is 150 Å². The van der Waals surface area contributed by atoms with E-state index in [0.29, 0.717) is 26.1 Å². The smallest absolute Gasteiger partial charge is 0.268 e. The number of hydrogen-bond donors (Lipinski definition) is 2. The lowest BCUT2D eigenvalue weighted by Gasteiger charge is -2.24. The molecule has 3 aromatic rings. The third-order valence-electron chi connectivity index (χ3n) is 4.03. The highest BCUT2D eigenvalue weighted by molar-refractivity contribution is 7.23. The summed E-state index contributed by atoms with van der Waals surface area (Å²) in [7, 11) is 0. The summed E-state index contributed by atoms with van der Waals surface area (Å²) in [5.41, 5.74) is 2.02. The topological polar surface area (TPSA) is 74.8 Å². The molecule has 0 fully saturated rings. The summed E-state index contributed by atoms with van der Waals surface area (Å²) in [5, 5.41) is 4.08. The van der Waals surface area contributed by atoms with Crippen molar-refractivity contribution in [2.75, 3.05) is 5.32 Å². The van der Waals surface area contributed by atoms with Gasteiger partial charge in [-0.25, -0.2) is 4.98 Å². The number of thiophene rings is 1. The summed E-state index contributed by atoms with van der Waals surface area (Å²) >= 11 is 13.4. The Morgan fingerprint density at radius 3 is 2.83 bits per heavy atom. The minimum atomic E-state index is -0.248. The summed E-state index contributed by atoms with van der Waals surface area (Å²) < 4.78 is 0.480. The van der Waals surface area contributed by atoms with Gasteiger partial charge in [0.15, 0.2) is 0 Å². The van der Waals surface area contributed by atoms with Gasteiger partial charge in [0.2, 0.25) is 5.91 Å². The normalized spacial score (nSPS) is 16.9. The second-order valence-electron chi connectivity index (χ2n) is 5.50. The van der Waals surface area contributed by atoms with E-state index >= 15 is 0 Å². The Morgan fingerprint density at radius 1 is 1.29 bits per heavy atom. The average molecular weight is 380 g/mol. The maximum Gasteiger partial charge on any atom is 0.268 e. The fourth-order valence-corrected chi connectivity index (χ4v) is 4.53. The van der Waals surface area contributed by atoms with Crippen LogP contribution < -0.4 is 10.9 Å². The van der Waals surface area contributed by atoms with E-state index in [0.717, 1.165) is 11.1 Å². The number of amides is 1. The van der Waals surface area contributed by atoms with Gasteiger partial charge < -0.3 is 10.3 Å². The third-order valence-corrected chi connectivity index (χ3v) is 5.73. The van der Waals surface area contributed by atoms with Crippen molar-refractivity contribution in [1.82, 2.24) is 9.97 Å². The van der Waals surface area contributed by atoms with Crippen molar-refractivity contribution < 1.29 is 4.79 Å². The second-order valence-corrected chi connectivity index (χ2v) is 7.19. The molecular weight excluding hydrogens is 369 g/mol. The first kappa shape index (κ1) is 15.6. The molecule has 0 saturated heterocycles. The molecule has 1 aliphatic heterocycles. The van der Waals surface area contributed by atoms with Crippen LogP contribution in [0.15, 0.2) is 29.1 Å². The second kappa shape index (κ2) is 5.88. The minimum Gasteiger partial charge on any atom is -0.317 e. The van der Waals surface area contributed by atoms with Gasteiger partial charge in [0.1, 0.15) is 15.5 Å². The highest BCUT2D eigenvalue weighted by Gasteiger charge is 2.33. The van der Waals surface area contributed by atoms with Gasteiger partial charge in [-0.1, -0.05) is 29.8 Å². The van der Waals surface area contributed by atoms with Crippen molar-refractivity contribution in [2.45, 2.75) is 18.2 Å². The summed E-state index contributed by atoms with van der Waals surface area (Å²) in [6.07, 6.45) is 0.257. The number of carbonyl (C=O) groups excluding carboxylic acids is 1. The largest absolute Gasteiger partial charge is 0.317 e. The van der Waals surface area contributed by atoms with Crippen LogP contribution in [-0.2, 0) is 10.7 Å². The van der Waals surface area contributed by atoms with Gasteiger partial charge in [-0.2, -0.15) is 0 Å². The number of fused-ring (bicyclic) bond motifs is 3. The number of nitrogens with one attached hydrogen (secondary N) is 2. The molecule has 0 unspecified atom stereocenters. The molecule has 0 saturated carbocycles. The number of H-pyrrole nitrogens is 1. The van der Waals surface area contributed by atoms with Crippen molar-refractivity contribution in [3.8, 4) is 0 Å². The van der Waals surface area contributed by atoms with Crippen LogP contribution >= 0.6 is 34.5 Å². The van der Waals surface area contributed by atoms with Crippen molar-refractivity contribution >= 4 is 55.7 Å². The Kier molecular flexibility index (Phi) is 3.83. The molecule has 2 N–H and O–H groups in total. The van der Waals surface area contributed by atoms with E-state index in [1.54, 1.807) is 6.07 Å². The number of carbonyl (C=O) groups is 1. The third kappa shape index (κ3) is 2.42. The van der Waals surface area contributed by atoms with Crippen LogP contribution in [0, 0.1) is 0 Å². The number of benzene rings is 1. The van der Waals surface area contributed by atoms with Crippen molar-refractivity contribution in [3.05, 3.63) is 56.6 Å². The first-order valence-corrected chi connectivity index (χ1v) is 8.97. The highest BCUT2D eigenvalue weighted by Crippen LogP contribution is 2.46. The number of aromatic nitrogens is 2. The number of nitrogens with zero attached hydrogens (tertiary/aromatic N) is 1. The molecule has 4 rings (SSSR count). The van der Waals surface area contributed by atoms with Gasteiger partial charge >= 0.3 is 0 Å². The molecule has 1 aliphatic rings. The van der Waals surface area contributed by atoms with Crippen LogP contribution in [0.25, 0.3) is 10.2 Å². The summed E-state index contributed by atoms with van der Waals surface area (Å²) in [5.74, 6) is 0.171. The number of aromatic amines is 1. The van der Waals surface area contributed by atoms with Crippen molar-refractivity contribution in [2.24, 2.45) is 0 Å². The molecular formula is C16H11Cl2N3O2S. The molecule has 0 spiro atoms. The average Bonchev–Trinajstić information content (AvgIpc) is 2.93. The number of alkyl halides is 1. The lowest BCUT2D eigenvalue weighted by Crippen LogP contribution is -2.22. The maximum atomic E-state index is 12.3. The van der Waals surface area contributed by atoms with E-state index in [4.69, 9.17) is 23.2 Å². The molecule has 122 valence electrons. The van der Waals surface area contributed by atoms with Crippen LogP contribution in [0.4, 0.5) is 5.00 Å². The van der Waals surface area contributed by atoms with E-state index in [-0.39, 0.29) is 29.7 Å². The number of halogens is 2. The van der Waals surface area contributed by atoms with Crippen molar-refractivity contribution in [1.29, 1.82) is 0 Å². The first-order valence-electron chi connectivity index (χ1n) is 7.24. The predicted molar refractivity (Wildman–Crippen MR) is 96.3 cm³/mol. The van der Waals surface area contributed by atoms with Crippen LogP contribution in [0.3, 0.4) is 0 Å². The minimum absolute atomic E-state index is 0.104. The van der Waals surface area contributed by atoms with E-state index < -0.39 is 0 Å². The SMILES string of the molecule is O=C1C[C@@H](c2ccccc2Cl)c2c(sc3c(=O)[nH]c(CCl)nc23)N1. The zero-order valence-electron chi connectivity index (χ0n) is 12.2. The van der Waals surface area contributed by atoms with E-state index in [1.807, 2.05) is 18.2 Å². The van der Waals surface area contributed by atoms with Crippen LogP contribution in [0.5, 0.6) is 0 Å². The molecule has 0 aliphatic carbocycles. The Bertz CT molecular complexity index is 1030. The highest BCUT2D eigenvalue weighted by atomic mass is 35.5. The fraction of sp³-hybridized carbons (Fsp3) is 0.188. The quantitative estimate of drug-likeness (QED) is 0.663. The van der Waals surface area contributed by atoms with Crippen LogP contribution in [-0.4, -0.2) is 15.9 Å². The molecule has 0 radical (unpaired) electrons. The lowest BCUT2D eigenvalue weighted by molar-refractivity contribution is -0.116. The molecule has 3 heterocycles. The standard InChI is InChI=1S/C16H11Cl2N3O2S/c17-6-10-19-13-12-8(7-3-1-2-4-9(7)18)5-11(22)21-16(12)24-14(13)15(23)20-10/h1-4,8H,5-6H2,(H,21,22)(H,19,20,23)/t8-/m0/s1. The Morgan fingerprint density at radius 2 is 2.08 bits per heavy atom.